The molecule has 1 rings (SSSR count). The van der Waals surface area contributed by atoms with Gasteiger partial charge in [-0.25, -0.2) is 17.5 Å². The van der Waals surface area contributed by atoms with Crippen molar-refractivity contribution in [3.8, 4) is 5.75 Å². The van der Waals surface area contributed by atoms with Crippen LogP contribution in [-0.2, 0) is 16.6 Å². The van der Waals surface area contributed by atoms with Crippen molar-refractivity contribution in [3.05, 3.63) is 29.6 Å². The van der Waals surface area contributed by atoms with Crippen LogP contribution in [0.5, 0.6) is 5.75 Å². The Morgan fingerprint density at radius 3 is 2.60 bits per heavy atom. The molecule has 0 amide bonds. The van der Waals surface area contributed by atoms with E-state index >= 15 is 0 Å². The van der Waals surface area contributed by atoms with E-state index in [2.05, 4.69) is 15.0 Å². The molecule has 0 fully saturated rings. The first-order valence-electron chi connectivity index (χ1n) is 7.53. The summed E-state index contributed by atoms with van der Waals surface area (Å²) in [7, 11) is 0.0270. The van der Waals surface area contributed by atoms with Gasteiger partial charge >= 0.3 is 0 Å². The molecule has 1 aromatic carbocycles. The van der Waals surface area contributed by atoms with Gasteiger partial charge in [0.05, 0.1) is 19.9 Å². The number of nitrogens with zero attached hydrogens (tertiary/aromatic N) is 2. The number of aliphatic imine (C=N–C) groups is 1. The van der Waals surface area contributed by atoms with Crippen LogP contribution in [0.1, 0.15) is 12.5 Å². The van der Waals surface area contributed by atoms with Crippen LogP contribution in [0.3, 0.4) is 0 Å². The quantitative estimate of drug-likeness (QED) is 0.250. The third kappa shape index (κ3) is 9.21. The van der Waals surface area contributed by atoms with Crippen molar-refractivity contribution in [2.75, 3.05) is 40.0 Å². The van der Waals surface area contributed by atoms with Crippen LogP contribution in [-0.4, -0.2) is 59.3 Å². The zero-order valence-corrected chi connectivity index (χ0v) is 18.0. The lowest BCUT2D eigenvalue weighted by molar-refractivity contribution is 0.385. The Kier molecular flexibility index (Phi) is 10.9. The van der Waals surface area contributed by atoms with Crippen LogP contribution in [0.4, 0.5) is 4.39 Å². The molecule has 0 atom stereocenters. The van der Waals surface area contributed by atoms with Crippen LogP contribution >= 0.6 is 24.0 Å². The summed E-state index contributed by atoms with van der Waals surface area (Å²) in [6, 6.07) is 4.79. The van der Waals surface area contributed by atoms with Gasteiger partial charge in [0.2, 0.25) is 10.0 Å². The Balaban J connectivity index is 0.00000576. The number of nitrogens with one attached hydrogen (secondary N) is 2. The predicted molar refractivity (Wildman–Crippen MR) is 109 cm³/mol. The van der Waals surface area contributed by atoms with Crippen LogP contribution in [0.2, 0.25) is 0 Å². The van der Waals surface area contributed by atoms with E-state index in [1.807, 2.05) is 18.9 Å². The highest BCUT2D eigenvalue weighted by molar-refractivity contribution is 14.0. The van der Waals surface area contributed by atoms with Crippen molar-refractivity contribution in [1.82, 2.24) is 14.9 Å². The zero-order chi connectivity index (χ0) is 18.2. The van der Waals surface area contributed by atoms with E-state index in [1.165, 1.54) is 13.2 Å². The van der Waals surface area contributed by atoms with Gasteiger partial charge in [-0.3, -0.25) is 4.99 Å². The summed E-state index contributed by atoms with van der Waals surface area (Å²) in [4.78, 5) is 6.19. The van der Waals surface area contributed by atoms with Crippen molar-refractivity contribution in [1.29, 1.82) is 0 Å². The molecule has 2 N–H and O–H groups in total. The first-order valence-corrected chi connectivity index (χ1v) is 9.42. The lowest BCUT2D eigenvalue weighted by Crippen LogP contribution is -2.39. The van der Waals surface area contributed by atoms with E-state index in [0.717, 1.165) is 11.8 Å². The molecule has 25 heavy (non-hydrogen) atoms. The first kappa shape index (κ1) is 23.9. The molecule has 7 nitrogen and oxygen atoms in total. The monoisotopic (exact) mass is 488 g/mol. The summed E-state index contributed by atoms with van der Waals surface area (Å²) in [5.41, 5.74) is 0.774. The van der Waals surface area contributed by atoms with E-state index in [0.29, 0.717) is 25.6 Å². The number of methoxy groups -OCH3 is 1. The lowest BCUT2D eigenvalue weighted by Gasteiger charge is -2.22. The number of benzene rings is 1. The summed E-state index contributed by atoms with van der Waals surface area (Å²) in [6.07, 6.45) is 1.10. The topological polar surface area (TPSA) is 83.0 Å². The highest BCUT2D eigenvalue weighted by atomic mass is 127. The molecule has 0 aromatic heterocycles. The second-order valence-electron chi connectivity index (χ2n) is 5.23. The molecular weight excluding hydrogens is 462 g/mol. The normalized spacial score (nSPS) is 11.6. The van der Waals surface area contributed by atoms with Gasteiger partial charge in [0.15, 0.2) is 17.5 Å². The van der Waals surface area contributed by atoms with Gasteiger partial charge in [0, 0.05) is 26.7 Å². The number of rotatable bonds is 8. The largest absolute Gasteiger partial charge is 0.494 e. The summed E-state index contributed by atoms with van der Waals surface area (Å²) in [6.45, 7) is 3.58. The highest BCUT2D eigenvalue weighted by Crippen LogP contribution is 2.18. The molecule has 144 valence electrons. The average Bonchev–Trinajstić information content (AvgIpc) is 2.49. The molecule has 0 spiro atoms. The van der Waals surface area contributed by atoms with Crippen molar-refractivity contribution >= 4 is 40.0 Å². The number of hydrogen-bond donors (Lipinski definition) is 2. The van der Waals surface area contributed by atoms with Crippen LogP contribution in [0.25, 0.3) is 0 Å². The fourth-order valence-corrected chi connectivity index (χ4v) is 2.48. The van der Waals surface area contributed by atoms with Gasteiger partial charge in [0.1, 0.15) is 0 Å². The number of halogens is 2. The molecule has 0 aliphatic heterocycles. The van der Waals surface area contributed by atoms with Gasteiger partial charge in [-0.05, 0) is 24.6 Å². The standard InChI is InChI=1S/C15H25FN4O3S.HI/c1-5-17-15(18-8-9-19-24(4,21)22)20(2)11-12-6-7-14(23-3)13(16)10-12;/h6-7,10,19H,5,8-9,11H2,1-4H3,(H,17,18);1H. The second-order valence-corrected chi connectivity index (χ2v) is 7.06. The van der Waals surface area contributed by atoms with Crippen LogP contribution in [0.15, 0.2) is 23.2 Å². The SMILES string of the molecule is CCNC(=NCCNS(C)(=O)=O)N(C)Cc1ccc(OC)c(F)c1.I. The summed E-state index contributed by atoms with van der Waals surface area (Å²) >= 11 is 0. The van der Waals surface area contributed by atoms with Crippen LogP contribution < -0.4 is 14.8 Å². The van der Waals surface area contributed by atoms with Crippen LogP contribution in [0, 0.1) is 5.82 Å². The van der Waals surface area contributed by atoms with Gasteiger partial charge in [-0.2, -0.15) is 0 Å². The van der Waals surface area contributed by atoms with Crippen molar-refractivity contribution < 1.29 is 17.5 Å². The fourth-order valence-electron chi connectivity index (χ4n) is 2.02. The molecule has 10 heteroatoms. The number of hydrogen-bond acceptors (Lipinski definition) is 4. The maximum Gasteiger partial charge on any atom is 0.208 e. The Morgan fingerprint density at radius 2 is 2.08 bits per heavy atom. The Morgan fingerprint density at radius 1 is 1.40 bits per heavy atom. The summed E-state index contributed by atoms with van der Waals surface area (Å²) in [5, 5.41) is 3.12. The Bertz CT molecular complexity index is 671. The van der Waals surface area contributed by atoms with E-state index in [-0.39, 0.29) is 36.3 Å². The zero-order valence-electron chi connectivity index (χ0n) is 14.9. The Labute approximate surface area is 166 Å². The molecule has 0 saturated heterocycles. The highest BCUT2D eigenvalue weighted by Gasteiger charge is 2.09. The molecule has 0 saturated carbocycles. The smallest absolute Gasteiger partial charge is 0.208 e. The van der Waals surface area contributed by atoms with Gasteiger partial charge in [-0.1, -0.05) is 6.07 Å². The summed E-state index contributed by atoms with van der Waals surface area (Å²) < 4.78 is 43.1. The maximum atomic E-state index is 13.8. The molecular formula is C15H26FIN4O3S. The second kappa shape index (κ2) is 11.5. The first-order chi connectivity index (χ1) is 11.3. The minimum absolute atomic E-state index is 0. The molecule has 1 aromatic rings. The molecule has 0 aliphatic rings. The fraction of sp³-hybridized carbons (Fsp3) is 0.533. The molecule has 0 heterocycles. The maximum absolute atomic E-state index is 13.8. The average molecular weight is 488 g/mol. The predicted octanol–water partition coefficient (Wildman–Crippen LogP) is 1.40. The summed E-state index contributed by atoms with van der Waals surface area (Å²) in [5.74, 6) is 0.403. The number of guanidine groups is 1. The molecule has 0 aliphatic carbocycles. The number of sulfonamides is 1. The van der Waals surface area contributed by atoms with E-state index in [1.54, 1.807) is 12.1 Å². The number of ether oxygens (including phenoxy) is 1. The minimum atomic E-state index is -3.22. The Hall–Kier alpha value is -1.14. The van der Waals surface area contributed by atoms with E-state index < -0.39 is 15.8 Å². The molecule has 0 unspecified atom stereocenters. The minimum Gasteiger partial charge on any atom is -0.494 e. The van der Waals surface area contributed by atoms with E-state index in [4.69, 9.17) is 4.74 Å². The lowest BCUT2D eigenvalue weighted by atomic mass is 10.2. The van der Waals surface area contributed by atoms with Gasteiger partial charge in [-0.15, -0.1) is 24.0 Å². The van der Waals surface area contributed by atoms with Crippen molar-refractivity contribution in [2.24, 2.45) is 4.99 Å². The molecule has 0 radical (unpaired) electrons. The van der Waals surface area contributed by atoms with Crippen molar-refractivity contribution in [2.45, 2.75) is 13.5 Å². The third-order valence-electron chi connectivity index (χ3n) is 3.07. The van der Waals surface area contributed by atoms with Gasteiger partial charge in [0.25, 0.3) is 0 Å². The van der Waals surface area contributed by atoms with Gasteiger partial charge < -0.3 is 15.0 Å². The third-order valence-corrected chi connectivity index (χ3v) is 3.80. The van der Waals surface area contributed by atoms with E-state index in [9.17, 15) is 12.8 Å². The molecule has 0 bridgehead atoms. The van der Waals surface area contributed by atoms with Crippen molar-refractivity contribution in [3.63, 3.8) is 0 Å².